The molecule has 0 aliphatic rings. The van der Waals surface area contributed by atoms with E-state index in [9.17, 15) is 13.2 Å². The van der Waals surface area contributed by atoms with Crippen LogP contribution in [0.1, 0.15) is 16.8 Å². The van der Waals surface area contributed by atoms with Crippen molar-refractivity contribution in [1.29, 1.82) is 0 Å². The predicted octanol–water partition coefficient (Wildman–Crippen LogP) is 5.71. The van der Waals surface area contributed by atoms with Crippen LogP contribution < -0.4 is 10.6 Å². The maximum atomic E-state index is 12.9. The topological polar surface area (TPSA) is 62.7 Å². The zero-order valence-electron chi connectivity index (χ0n) is 16.0. The molecular formula is C22H18F3N5. The van der Waals surface area contributed by atoms with Crippen LogP contribution in [-0.2, 0) is 12.7 Å². The average molecular weight is 409 g/mol. The molecule has 5 nitrogen and oxygen atoms in total. The number of halogens is 3. The normalized spacial score (nSPS) is 11.5. The van der Waals surface area contributed by atoms with Crippen molar-refractivity contribution in [3.63, 3.8) is 0 Å². The molecule has 0 fully saturated rings. The number of nitrogens with zero attached hydrogens (tertiary/aromatic N) is 3. The van der Waals surface area contributed by atoms with Gasteiger partial charge < -0.3 is 10.6 Å². The zero-order chi connectivity index (χ0) is 21.1. The van der Waals surface area contributed by atoms with Gasteiger partial charge in [-0.1, -0.05) is 18.2 Å². The van der Waals surface area contributed by atoms with Crippen LogP contribution in [0.15, 0.2) is 66.9 Å². The lowest BCUT2D eigenvalue weighted by Crippen LogP contribution is -2.08. The Labute approximate surface area is 171 Å². The molecule has 2 aromatic carbocycles. The van der Waals surface area contributed by atoms with Gasteiger partial charge in [0.15, 0.2) is 0 Å². The Hall–Kier alpha value is -3.68. The maximum absolute atomic E-state index is 12.9. The molecule has 0 amide bonds. The molecule has 8 heteroatoms. The summed E-state index contributed by atoms with van der Waals surface area (Å²) in [4.78, 5) is 13.1. The largest absolute Gasteiger partial charge is 0.416 e. The van der Waals surface area contributed by atoms with Crippen LogP contribution >= 0.6 is 0 Å². The average Bonchev–Trinajstić information content (AvgIpc) is 2.71. The quantitative estimate of drug-likeness (QED) is 0.442. The number of hydrogen-bond acceptors (Lipinski definition) is 5. The predicted molar refractivity (Wildman–Crippen MR) is 111 cm³/mol. The number of aromatic nitrogens is 3. The lowest BCUT2D eigenvalue weighted by Gasteiger charge is -2.12. The van der Waals surface area contributed by atoms with Crippen LogP contribution in [0.5, 0.6) is 0 Å². The minimum absolute atomic E-state index is 0.210. The smallest absolute Gasteiger partial charge is 0.366 e. The maximum Gasteiger partial charge on any atom is 0.416 e. The fourth-order valence-corrected chi connectivity index (χ4v) is 3.05. The zero-order valence-corrected chi connectivity index (χ0v) is 16.0. The number of rotatable bonds is 5. The summed E-state index contributed by atoms with van der Waals surface area (Å²) in [5, 5.41) is 7.22. The fraction of sp³-hybridized carbons (Fsp3) is 0.136. The molecule has 0 bridgehead atoms. The van der Waals surface area contributed by atoms with Gasteiger partial charge in [0.25, 0.3) is 0 Å². The van der Waals surface area contributed by atoms with Gasteiger partial charge in [0.2, 0.25) is 5.95 Å². The standard InChI is InChI=1S/C22H18F3N5/c1-14-10-20(27-13-15-4-2-6-17(11-15)22(23,24)25)30-21(28-14)29-18-7-8-19-16(12-18)5-3-9-26-19/h2-12H,13H2,1H3,(H2,27,28,29,30). The minimum atomic E-state index is -4.37. The second-order valence-electron chi connectivity index (χ2n) is 6.81. The van der Waals surface area contributed by atoms with E-state index in [0.29, 0.717) is 17.3 Å². The first-order valence-corrected chi connectivity index (χ1v) is 9.24. The Morgan fingerprint density at radius 3 is 2.63 bits per heavy atom. The molecule has 2 N–H and O–H groups in total. The molecule has 0 aliphatic carbocycles. The summed E-state index contributed by atoms with van der Waals surface area (Å²) in [6.45, 7) is 2.04. The third kappa shape index (κ3) is 4.65. The number of hydrogen-bond donors (Lipinski definition) is 2. The highest BCUT2D eigenvalue weighted by Crippen LogP contribution is 2.29. The molecular weight excluding hydrogens is 391 g/mol. The molecule has 0 saturated carbocycles. The first-order valence-electron chi connectivity index (χ1n) is 9.24. The van der Waals surface area contributed by atoms with E-state index in [-0.39, 0.29) is 6.54 Å². The molecule has 0 aliphatic heterocycles. The van der Waals surface area contributed by atoms with E-state index in [4.69, 9.17) is 0 Å². The summed E-state index contributed by atoms with van der Waals surface area (Å²) >= 11 is 0. The van der Waals surface area contributed by atoms with Gasteiger partial charge in [0, 0.05) is 35.6 Å². The van der Waals surface area contributed by atoms with Gasteiger partial charge in [-0.15, -0.1) is 0 Å². The van der Waals surface area contributed by atoms with Gasteiger partial charge in [-0.05, 0) is 48.9 Å². The number of nitrogens with one attached hydrogen (secondary N) is 2. The van der Waals surface area contributed by atoms with Gasteiger partial charge in [-0.3, -0.25) is 4.98 Å². The summed E-state index contributed by atoms with van der Waals surface area (Å²) in [5.41, 5.74) is 2.26. The third-order valence-electron chi connectivity index (χ3n) is 4.44. The number of pyridine rings is 1. The molecule has 0 atom stereocenters. The van der Waals surface area contributed by atoms with Crippen LogP contribution in [0.4, 0.5) is 30.6 Å². The van der Waals surface area contributed by atoms with E-state index in [1.807, 2.05) is 37.3 Å². The lowest BCUT2D eigenvalue weighted by atomic mass is 10.1. The molecule has 2 heterocycles. The van der Waals surface area contributed by atoms with Crippen LogP contribution in [0.3, 0.4) is 0 Å². The van der Waals surface area contributed by atoms with Crippen molar-refractivity contribution in [3.05, 3.63) is 83.7 Å². The Bertz CT molecular complexity index is 1190. The number of benzene rings is 2. The summed E-state index contributed by atoms with van der Waals surface area (Å²) in [6.07, 6.45) is -2.63. The molecule has 0 radical (unpaired) electrons. The van der Waals surface area contributed by atoms with E-state index in [2.05, 4.69) is 25.6 Å². The van der Waals surface area contributed by atoms with Crippen molar-refractivity contribution in [2.45, 2.75) is 19.6 Å². The first kappa shape index (κ1) is 19.6. The van der Waals surface area contributed by atoms with Crippen LogP contribution in [0.25, 0.3) is 10.9 Å². The Balaban J connectivity index is 1.50. The van der Waals surface area contributed by atoms with Crippen molar-refractivity contribution in [3.8, 4) is 0 Å². The van der Waals surface area contributed by atoms with Gasteiger partial charge in [0.1, 0.15) is 5.82 Å². The number of anilines is 3. The molecule has 4 aromatic rings. The van der Waals surface area contributed by atoms with E-state index in [1.165, 1.54) is 6.07 Å². The second kappa shape index (κ2) is 7.98. The summed E-state index contributed by atoms with van der Waals surface area (Å²) in [6, 6.07) is 16.5. The summed E-state index contributed by atoms with van der Waals surface area (Å²) in [5.74, 6) is 0.912. The van der Waals surface area contributed by atoms with Crippen LogP contribution in [0, 0.1) is 6.92 Å². The van der Waals surface area contributed by atoms with Crippen molar-refractivity contribution >= 4 is 28.4 Å². The highest BCUT2D eigenvalue weighted by molar-refractivity contribution is 5.82. The van der Waals surface area contributed by atoms with E-state index in [1.54, 1.807) is 18.3 Å². The molecule has 2 aromatic heterocycles. The SMILES string of the molecule is Cc1cc(NCc2cccc(C(F)(F)F)c2)nc(Nc2ccc3ncccc3c2)n1. The Morgan fingerprint density at radius 2 is 1.80 bits per heavy atom. The number of alkyl halides is 3. The van der Waals surface area contributed by atoms with E-state index in [0.717, 1.165) is 34.4 Å². The molecule has 4 rings (SSSR count). The van der Waals surface area contributed by atoms with Crippen molar-refractivity contribution in [1.82, 2.24) is 15.0 Å². The van der Waals surface area contributed by atoms with Gasteiger partial charge >= 0.3 is 6.18 Å². The lowest BCUT2D eigenvalue weighted by molar-refractivity contribution is -0.137. The van der Waals surface area contributed by atoms with Crippen LogP contribution in [-0.4, -0.2) is 15.0 Å². The molecule has 152 valence electrons. The Morgan fingerprint density at radius 1 is 0.933 bits per heavy atom. The monoisotopic (exact) mass is 409 g/mol. The summed E-state index contributed by atoms with van der Waals surface area (Å²) < 4.78 is 38.7. The van der Waals surface area contributed by atoms with Crippen molar-refractivity contribution in [2.75, 3.05) is 10.6 Å². The molecule has 0 unspecified atom stereocenters. The summed E-state index contributed by atoms with van der Waals surface area (Å²) in [7, 11) is 0. The van der Waals surface area contributed by atoms with Gasteiger partial charge in [-0.25, -0.2) is 4.98 Å². The van der Waals surface area contributed by atoms with E-state index >= 15 is 0 Å². The van der Waals surface area contributed by atoms with Gasteiger partial charge in [-0.2, -0.15) is 18.2 Å². The highest BCUT2D eigenvalue weighted by atomic mass is 19.4. The second-order valence-corrected chi connectivity index (χ2v) is 6.81. The third-order valence-corrected chi connectivity index (χ3v) is 4.44. The van der Waals surface area contributed by atoms with Crippen LogP contribution in [0.2, 0.25) is 0 Å². The molecule has 30 heavy (non-hydrogen) atoms. The van der Waals surface area contributed by atoms with Crippen molar-refractivity contribution in [2.24, 2.45) is 0 Å². The highest BCUT2D eigenvalue weighted by Gasteiger charge is 2.30. The van der Waals surface area contributed by atoms with E-state index < -0.39 is 11.7 Å². The minimum Gasteiger partial charge on any atom is -0.366 e. The van der Waals surface area contributed by atoms with Crippen molar-refractivity contribution < 1.29 is 13.2 Å². The first-order chi connectivity index (χ1) is 14.4. The molecule has 0 saturated heterocycles. The molecule has 0 spiro atoms. The fourth-order valence-electron chi connectivity index (χ4n) is 3.05. The Kier molecular flexibility index (Phi) is 5.22. The van der Waals surface area contributed by atoms with Gasteiger partial charge in [0.05, 0.1) is 11.1 Å². The number of fused-ring (bicyclic) bond motifs is 1. The number of aryl methyl sites for hydroxylation is 1.